The Labute approximate surface area is 122 Å². The van der Waals surface area contributed by atoms with Crippen molar-refractivity contribution in [2.24, 2.45) is 0 Å². The molecule has 0 saturated heterocycles. The largest absolute Gasteiger partial charge is 0.302 e. The van der Waals surface area contributed by atoms with E-state index < -0.39 is 0 Å². The summed E-state index contributed by atoms with van der Waals surface area (Å²) in [5.74, 6) is 0. The number of hydrogen-bond donors (Lipinski definition) is 2. The first kappa shape index (κ1) is 18.9. The van der Waals surface area contributed by atoms with E-state index in [9.17, 15) is 0 Å². The van der Waals surface area contributed by atoms with Crippen LogP contribution in [0.4, 0.5) is 0 Å². The first-order chi connectivity index (χ1) is 9.35. The molecule has 0 bridgehead atoms. The molecule has 0 rings (SSSR count). The fourth-order valence-electron chi connectivity index (χ4n) is 2.35. The van der Waals surface area contributed by atoms with Crippen molar-refractivity contribution in [3.05, 3.63) is 0 Å². The third-order valence-corrected chi connectivity index (χ3v) is 3.66. The Hall–Kier alpha value is -0.0800. The molecule has 0 amide bonds. The topological polar surface area (TPSA) is 24.1 Å². The molecule has 0 radical (unpaired) electrons. The van der Waals surface area contributed by atoms with Crippen LogP contribution in [0.25, 0.3) is 0 Å². The fourth-order valence-corrected chi connectivity index (χ4v) is 2.35. The molecule has 116 valence electrons. The van der Waals surface area contributed by atoms with Gasteiger partial charge in [0.25, 0.3) is 0 Å². The van der Waals surface area contributed by atoms with E-state index in [4.69, 9.17) is 0 Å². The van der Waals surface area contributed by atoms with Gasteiger partial charge in [-0.1, -0.05) is 72.1 Å². The molecule has 0 aromatic rings. The molecular weight excluding hydrogens is 232 g/mol. The molecule has 0 aromatic heterocycles. The lowest BCUT2D eigenvalue weighted by atomic mass is 10.1. The van der Waals surface area contributed by atoms with Crippen molar-refractivity contribution in [3.63, 3.8) is 0 Å². The van der Waals surface area contributed by atoms with Gasteiger partial charge in [0.1, 0.15) is 0 Å². The molecule has 0 aliphatic heterocycles. The summed E-state index contributed by atoms with van der Waals surface area (Å²) in [5.41, 5.74) is 0. The minimum Gasteiger partial charge on any atom is -0.302 e. The molecule has 0 aliphatic carbocycles. The van der Waals surface area contributed by atoms with Gasteiger partial charge in [0, 0.05) is 0 Å². The fraction of sp³-hybridized carbons (Fsp3) is 1.00. The van der Waals surface area contributed by atoms with Crippen LogP contribution in [0.3, 0.4) is 0 Å². The second-order valence-corrected chi connectivity index (χ2v) is 5.72. The van der Waals surface area contributed by atoms with Gasteiger partial charge < -0.3 is 10.6 Å². The normalized spacial score (nSPS) is 12.8. The summed E-state index contributed by atoms with van der Waals surface area (Å²) in [6.07, 6.45) is 15.5. The summed E-state index contributed by atoms with van der Waals surface area (Å²) < 4.78 is 0. The second-order valence-electron chi connectivity index (χ2n) is 5.72. The first-order valence-corrected chi connectivity index (χ1v) is 8.81. The van der Waals surface area contributed by atoms with Gasteiger partial charge >= 0.3 is 0 Å². The molecule has 0 aliphatic rings. The van der Waals surface area contributed by atoms with Gasteiger partial charge in [-0.25, -0.2) is 0 Å². The van der Waals surface area contributed by atoms with Crippen LogP contribution in [-0.4, -0.2) is 19.3 Å². The Kier molecular flexibility index (Phi) is 15.9. The molecule has 2 nitrogen and oxygen atoms in total. The highest BCUT2D eigenvalue weighted by Crippen LogP contribution is 2.09. The molecular formula is C17H38N2. The lowest BCUT2D eigenvalue weighted by molar-refractivity contribution is 0.382. The van der Waals surface area contributed by atoms with Crippen LogP contribution in [0.2, 0.25) is 0 Å². The smallest absolute Gasteiger partial charge is 0.0571 e. The maximum Gasteiger partial charge on any atom is 0.0571 e. The SMILES string of the molecule is CCCCCCCCCC(NCCC)NCCCC. The maximum absolute atomic E-state index is 3.66. The standard InChI is InChI=1S/C17H38N2/c1-4-7-9-10-11-12-13-14-17(18-15-6-3)19-16-8-5-2/h17-19H,4-16H2,1-3H3. The predicted octanol–water partition coefficient (Wildman–Crippen LogP) is 4.84. The third-order valence-electron chi connectivity index (χ3n) is 3.66. The van der Waals surface area contributed by atoms with E-state index in [1.54, 1.807) is 0 Å². The monoisotopic (exact) mass is 270 g/mol. The quantitative estimate of drug-likeness (QED) is 0.328. The van der Waals surface area contributed by atoms with Gasteiger partial charge in [0.05, 0.1) is 6.17 Å². The Morgan fingerprint density at radius 1 is 0.579 bits per heavy atom. The van der Waals surface area contributed by atoms with E-state index in [2.05, 4.69) is 31.4 Å². The lowest BCUT2D eigenvalue weighted by Crippen LogP contribution is -2.43. The molecule has 0 spiro atoms. The molecule has 19 heavy (non-hydrogen) atoms. The Balaban J connectivity index is 3.49. The van der Waals surface area contributed by atoms with E-state index in [1.165, 1.54) is 70.6 Å². The van der Waals surface area contributed by atoms with Crippen molar-refractivity contribution in [1.29, 1.82) is 0 Å². The van der Waals surface area contributed by atoms with Crippen molar-refractivity contribution in [1.82, 2.24) is 10.6 Å². The minimum absolute atomic E-state index is 0.544. The molecule has 0 saturated carbocycles. The molecule has 2 N–H and O–H groups in total. The maximum atomic E-state index is 3.66. The summed E-state index contributed by atoms with van der Waals surface area (Å²) in [4.78, 5) is 0. The van der Waals surface area contributed by atoms with Crippen LogP contribution >= 0.6 is 0 Å². The third kappa shape index (κ3) is 14.1. The Bertz CT molecular complexity index is 159. The average molecular weight is 271 g/mol. The zero-order valence-electron chi connectivity index (χ0n) is 13.8. The molecule has 2 heteroatoms. The summed E-state index contributed by atoms with van der Waals surface area (Å²) >= 11 is 0. The van der Waals surface area contributed by atoms with Crippen molar-refractivity contribution in [2.75, 3.05) is 13.1 Å². The van der Waals surface area contributed by atoms with Crippen LogP contribution < -0.4 is 10.6 Å². The summed E-state index contributed by atoms with van der Waals surface area (Å²) in [6, 6.07) is 0. The lowest BCUT2D eigenvalue weighted by Gasteiger charge is -2.20. The highest BCUT2D eigenvalue weighted by molar-refractivity contribution is 4.64. The van der Waals surface area contributed by atoms with E-state index in [-0.39, 0.29) is 0 Å². The van der Waals surface area contributed by atoms with Gasteiger partial charge in [-0.3, -0.25) is 0 Å². The first-order valence-electron chi connectivity index (χ1n) is 8.81. The van der Waals surface area contributed by atoms with Gasteiger partial charge in [0.2, 0.25) is 0 Å². The highest BCUT2D eigenvalue weighted by Gasteiger charge is 2.05. The van der Waals surface area contributed by atoms with Gasteiger partial charge in [-0.05, 0) is 32.4 Å². The van der Waals surface area contributed by atoms with Gasteiger partial charge in [-0.2, -0.15) is 0 Å². The van der Waals surface area contributed by atoms with Crippen molar-refractivity contribution in [2.45, 2.75) is 97.6 Å². The van der Waals surface area contributed by atoms with Crippen molar-refractivity contribution in [3.8, 4) is 0 Å². The highest BCUT2D eigenvalue weighted by atomic mass is 15.1. The zero-order chi connectivity index (χ0) is 14.2. The van der Waals surface area contributed by atoms with Crippen molar-refractivity contribution < 1.29 is 0 Å². The molecule has 0 aromatic carbocycles. The van der Waals surface area contributed by atoms with E-state index in [0.29, 0.717) is 6.17 Å². The van der Waals surface area contributed by atoms with Crippen LogP contribution in [0.15, 0.2) is 0 Å². The van der Waals surface area contributed by atoms with Crippen LogP contribution in [-0.2, 0) is 0 Å². The number of unbranched alkanes of at least 4 members (excludes halogenated alkanes) is 7. The predicted molar refractivity (Wildman–Crippen MR) is 87.6 cm³/mol. The summed E-state index contributed by atoms with van der Waals surface area (Å²) in [6.45, 7) is 9.08. The second kappa shape index (κ2) is 16.0. The molecule has 1 atom stereocenters. The summed E-state index contributed by atoms with van der Waals surface area (Å²) in [5, 5.41) is 7.28. The van der Waals surface area contributed by atoms with Crippen LogP contribution in [0.1, 0.15) is 91.4 Å². The van der Waals surface area contributed by atoms with Crippen LogP contribution in [0, 0.1) is 0 Å². The zero-order valence-corrected chi connectivity index (χ0v) is 13.8. The minimum atomic E-state index is 0.544. The Morgan fingerprint density at radius 3 is 1.79 bits per heavy atom. The summed E-state index contributed by atoms with van der Waals surface area (Å²) in [7, 11) is 0. The molecule has 0 fully saturated rings. The van der Waals surface area contributed by atoms with E-state index in [0.717, 1.165) is 13.1 Å². The number of nitrogens with one attached hydrogen (secondary N) is 2. The number of hydrogen-bond acceptors (Lipinski definition) is 2. The van der Waals surface area contributed by atoms with Crippen molar-refractivity contribution >= 4 is 0 Å². The van der Waals surface area contributed by atoms with E-state index >= 15 is 0 Å². The number of rotatable bonds is 15. The van der Waals surface area contributed by atoms with E-state index in [1.807, 2.05) is 0 Å². The molecule has 1 unspecified atom stereocenters. The van der Waals surface area contributed by atoms with Gasteiger partial charge in [-0.15, -0.1) is 0 Å². The average Bonchev–Trinajstić information content (AvgIpc) is 2.43. The van der Waals surface area contributed by atoms with Crippen LogP contribution in [0.5, 0.6) is 0 Å². The molecule has 0 heterocycles. The Morgan fingerprint density at radius 2 is 1.16 bits per heavy atom. The van der Waals surface area contributed by atoms with Gasteiger partial charge in [0.15, 0.2) is 0 Å².